The summed E-state index contributed by atoms with van der Waals surface area (Å²) < 4.78 is 0. The minimum Gasteiger partial charge on any atom is -0.355 e. The number of amides is 2. The van der Waals surface area contributed by atoms with Crippen molar-refractivity contribution in [2.45, 2.75) is 78.1 Å². The number of unbranched alkanes of at least 4 members (excludes halogenated alkanes) is 4. The van der Waals surface area contributed by atoms with Gasteiger partial charge < -0.3 is 10.2 Å². The smallest absolute Gasteiger partial charge is 0.239 e. The van der Waals surface area contributed by atoms with Crippen molar-refractivity contribution in [1.82, 2.24) is 10.2 Å². The first-order valence-electron chi connectivity index (χ1n) is 10.6. The number of piperidine rings is 1. The molecular formula is C22H36N2O2. The number of allylic oxidation sites excluding steroid dienone is 4. The molecule has 1 aliphatic carbocycles. The molecular weight excluding hydrogens is 324 g/mol. The molecule has 2 amide bonds. The average Bonchev–Trinajstić information content (AvgIpc) is 2.67. The van der Waals surface area contributed by atoms with Crippen LogP contribution in [0, 0.1) is 11.8 Å². The maximum absolute atomic E-state index is 13.3. The van der Waals surface area contributed by atoms with E-state index in [0.29, 0.717) is 18.9 Å². The van der Waals surface area contributed by atoms with Gasteiger partial charge in [0.2, 0.25) is 11.8 Å². The van der Waals surface area contributed by atoms with Gasteiger partial charge in [-0.2, -0.15) is 0 Å². The molecule has 2 aliphatic rings. The molecule has 1 aliphatic heterocycles. The summed E-state index contributed by atoms with van der Waals surface area (Å²) in [6, 6.07) is 0. The molecule has 0 aromatic heterocycles. The molecule has 1 saturated heterocycles. The zero-order chi connectivity index (χ0) is 18.8. The minimum absolute atomic E-state index is 0.0155. The number of carbonyl (C=O) groups excluding carboxylic acids is 2. The fourth-order valence-corrected chi connectivity index (χ4v) is 3.95. The maximum Gasteiger partial charge on any atom is 0.239 e. The Bertz CT molecular complexity index is 524. The second-order valence-corrected chi connectivity index (χ2v) is 7.63. The van der Waals surface area contributed by atoms with E-state index in [4.69, 9.17) is 0 Å². The summed E-state index contributed by atoms with van der Waals surface area (Å²) in [6.07, 6.45) is 16.5. The Kier molecular flexibility index (Phi) is 8.93. The second kappa shape index (κ2) is 11.2. The Morgan fingerprint density at radius 2 is 2.00 bits per heavy atom. The number of nitrogens with one attached hydrogen (secondary N) is 1. The Hall–Kier alpha value is -1.58. The van der Waals surface area contributed by atoms with E-state index in [1.165, 1.54) is 6.42 Å². The Morgan fingerprint density at radius 1 is 1.19 bits per heavy atom. The van der Waals surface area contributed by atoms with Gasteiger partial charge in [0, 0.05) is 24.7 Å². The molecule has 2 unspecified atom stereocenters. The fourth-order valence-electron chi connectivity index (χ4n) is 3.95. The molecule has 0 saturated carbocycles. The van der Waals surface area contributed by atoms with Crippen molar-refractivity contribution in [3.63, 3.8) is 0 Å². The van der Waals surface area contributed by atoms with Crippen molar-refractivity contribution in [3.8, 4) is 0 Å². The molecule has 2 rings (SSSR count). The first-order chi connectivity index (χ1) is 12.7. The first kappa shape index (κ1) is 20.7. The lowest BCUT2D eigenvalue weighted by Gasteiger charge is -2.38. The number of hydrogen-bond donors (Lipinski definition) is 1. The molecule has 1 fully saturated rings. The zero-order valence-corrected chi connectivity index (χ0v) is 16.6. The molecule has 0 aromatic carbocycles. The van der Waals surface area contributed by atoms with Crippen LogP contribution in [0.15, 0.2) is 23.9 Å². The molecule has 1 heterocycles. The van der Waals surface area contributed by atoms with Crippen LogP contribution in [-0.4, -0.2) is 29.8 Å². The lowest BCUT2D eigenvalue weighted by Crippen LogP contribution is -2.46. The quantitative estimate of drug-likeness (QED) is 0.458. The van der Waals surface area contributed by atoms with Crippen LogP contribution < -0.4 is 5.32 Å². The average molecular weight is 361 g/mol. The maximum atomic E-state index is 13.3. The second-order valence-electron chi connectivity index (χ2n) is 7.63. The third-order valence-corrected chi connectivity index (χ3v) is 5.54. The molecule has 4 nitrogen and oxygen atoms in total. The summed E-state index contributed by atoms with van der Waals surface area (Å²) in [5.41, 5.74) is 1.13. The van der Waals surface area contributed by atoms with Gasteiger partial charge in [-0.1, -0.05) is 58.1 Å². The lowest BCUT2D eigenvalue weighted by molar-refractivity contribution is -0.142. The van der Waals surface area contributed by atoms with Crippen molar-refractivity contribution < 1.29 is 9.59 Å². The van der Waals surface area contributed by atoms with Gasteiger partial charge in [-0.15, -0.1) is 0 Å². The number of nitrogens with zero attached hydrogens (tertiary/aromatic N) is 1. The number of hydrogen-bond acceptors (Lipinski definition) is 2. The Balaban J connectivity index is 2.06. The van der Waals surface area contributed by atoms with Gasteiger partial charge in [0.15, 0.2) is 0 Å². The highest BCUT2D eigenvalue weighted by molar-refractivity contribution is 6.01. The van der Waals surface area contributed by atoms with Gasteiger partial charge in [-0.05, 0) is 38.2 Å². The summed E-state index contributed by atoms with van der Waals surface area (Å²) >= 11 is 0. The summed E-state index contributed by atoms with van der Waals surface area (Å²) in [5, 5.41) is 3.00. The highest BCUT2D eigenvalue weighted by Crippen LogP contribution is 2.34. The standard InChI is InChI=1S/C22H36N2O2/c1-3-5-7-8-14-19(21(25)23-16-6-4-2)22(26)24-17-11-13-18-12-9-10-15-20(18)24/h9-10,15,18-19H,3-8,11-14,16-17H2,1-2H3,(H,23,25). The first-order valence-corrected chi connectivity index (χ1v) is 10.6. The van der Waals surface area contributed by atoms with Gasteiger partial charge in [0.05, 0.1) is 0 Å². The summed E-state index contributed by atoms with van der Waals surface area (Å²) in [7, 11) is 0. The SMILES string of the molecule is CCCCCCC(C(=O)NCCCC)C(=O)N1CCCC2CC=CC=C21. The molecule has 0 spiro atoms. The topological polar surface area (TPSA) is 49.4 Å². The van der Waals surface area contributed by atoms with E-state index in [9.17, 15) is 9.59 Å². The molecule has 0 aromatic rings. The predicted molar refractivity (Wildman–Crippen MR) is 106 cm³/mol. The number of rotatable bonds is 10. The molecule has 146 valence electrons. The molecule has 4 heteroatoms. The van der Waals surface area contributed by atoms with Crippen LogP contribution in [0.3, 0.4) is 0 Å². The summed E-state index contributed by atoms with van der Waals surface area (Å²) in [5.74, 6) is -0.147. The van der Waals surface area contributed by atoms with Gasteiger partial charge in [0.1, 0.15) is 5.92 Å². The predicted octanol–water partition coefficient (Wildman–Crippen LogP) is 4.57. The van der Waals surface area contributed by atoms with Crippen LogP contribution in [0.25, 0.3) is 0 Å². The van der Waals surface area contributed by atoms with Crippen molar-refractivity contribution in [1.29, 1.82) is 0 Å². The molecule has 1 N–H and O–H groups in total. The van der Waals surface area contributed by atoms with Crippen molar-refractivity contribution in [2.24, 2.45) is 11.8 Å². The molecule has 0 bridgehead atoms. The van der Waals surface area contributed by atoms with Crippen LogP contribution in [0.1, 0.15) is 78.1 Å². The highest BCUT2D eigenvalue weighted by atomic mass is 16.2. The Labute approximate surface area is 159 Å². The van der Waals surface area contributed by atoms with Crippen molar-refractivity contribution in [2.75, 3.05) is 13.1 Å². The van der Waals surface area contributed by atoms with E-state index in [1.54, 1.807) is 0 Å². The lowest BCUT2D eigenvalue weighted by atomic mass is 9.86. The third kappa shape index (κ3) is 5.72. The minimum atomic E-state index is -0.533. The molecule has 0 radical (unpaired) electrons. The van der Waals surface area contributed by atoms with Gasteiger partial charge in [-0.25, -0.2) is 0 Å². The van der Waals surface area contributed by atoms with Crippen molar-refractivity contribution in [3.05, 3.63) is 23.9 Å². The van der Waals surface area contributed by atoms with E-state index >= 15 is 0 Å². The van der Waals surface area contributed by atoms with Gasteiger partial charge in [-0.3, -0.25) is 9.59 Å². The van der Waals surface area contributed by atoms with Gasteiger partial charge in [0.25, 0.3) is 0 Å². The number of carbonyl (C=O) groups is 2. The van der Waals surface area contributed by atoms with E-state index in [1.807, 2.05) is 4.90 Å². The largest absolute Gasteiger partial charge is 0.355 e. The van der Waals surface area contributed by atoms with Crippen LogP contribution in [0.2, 0.25) is 0 Å². The van der Waals surface area contributed by atoms with Crippen LogP contribution in [0.4, 0.5) is 0 Å². The summed E-state index contributed by atoms with van der Waals surface area (Å²) in [6.45, 7) is 5.71. The normalized spacial score (nSPS) is 20.3. The monoisotopic (exact) mass is 360 g/mol. The van der Waals surface area contributed by atoms with Crippen LogP contribution in [-0.2, 0) is 9.59 Å². The number of likely N-dealkylation sites (tertiary alicyclic amines) is 1. The fraction of sp³-hybridized carbons (Fsp3) is 0.727. The van der Waals surface area contributed by atoms with E-state index in [-0.39, 0.29) is 11.8 Å². The van der Waals surface area contributed by atoms with E-state index in [0.717, 1.165) is 63.6 Å². The van der Waals surface area contributed by atoms with Crippen LogP contribution >= 0.6 is 0 Å². The zero-order valence-electron chi connectivity index (χ0n) is 16.6. The highest BCUT2D eigenvalue weighted by Gasteiger charge is 2.35. The Morgan fingerprint density at radius 3 is 2.77 bits per heavy atom. The molecule has 26 heavy (non-hydrogen) atoms. The number of fused-ring (bicyclic) bond motifs is 1. The van der Waals surface area contributed by atoms with E-state index < -0.39 is 5.92 Å². The van der Waals surface area contributed by atoms with Gasteiger partial charge >= 0.3 is 0 Å². The molecule has 2 atom stereocenters. The third-order valence-electron chi connectivity index (χ3n) is 5.54. The van der Waals surface area contributed by atoms with E-state index in [2.05, 4.69) is 37.4 Å². The van der Waals surface area contributed by atoms with Crippen molar-refractivity contribution >= 4 is 11.8 Å². The van der Waals surface area contributed by atoms with Crippen LogP contribution in [0.5, 0.6) is 0 Å². The summed E-state index contributed by atoms with van der Waals surface area (Å²) in [4.78, 5) is 27.9.